The highest BCUT2D eigenvalue weighted by Crippen LogP contribution is 2.17. The third-order valence-electron chi connectivity index (χ3n) is 3.54. The molecule has 0 aliphatic rings. The molecule has 1 N–H and O–H groups in total. The number of hydrogen-bond donors (Lipinski definition) is 1. The first-order valence-corrected chi connectivity index (χ1v) is 7.35. The van der Waals surface area contributed by atoms with Crippen LogP contribution in [-0.4, -0.2) is 23.0 Å². The monoisotopic (exact) mass is 299 g/mol. The Morgan fingerprint density at radius 1 is 1.36 bits per heavy atom. The maximum absolute atomic E-state index is 12.2. The maximum atomic E-state index is 12.2. The van der Waals surface area contributed by atoms with E-state index in [2.05, 4.69) is 22.2 Å². The Balaban J connectivity index is 2.02. The zero-order valence-corrected chi connectivity index (χ0v) is 13.2. The molecule has 1 amide bonds. The van der Waals surface area contributed by atoms with Crippen molar-refractivity contribution in [2.24, 2.45) is 0 Å². The summed E-state index contributed by atoms with van der Waals surface area (Å²) < 4.78 is 5.07. The average molecular weight is 299 g/mol. The van der Waals surface area contributed by atoms with E-state index >= 15 is 0 Å². The summed E-state index contributed by atoms with van der Waals surface area (Å²) in [6.07, 6.45) is 6.44. The van der Waals surface area contributed by atoms with Crippen molar-refractivity contribution >= 4 is 5.91 Å². The number of nitrogens with one attached hydrogen (secondary N) is 1. The first-order chi connectivity index (χ1) is 10.6. The number of ether oxygens (including phenoxy) is 1. The predicted molar refractivity (Wildman–Crippen MR) is 84.7 cm³/mol. The number of aryl methyl sites for hydroxylation is 1. The summed E-state index contributed by atoms with van der Waals surface area (Å²) in [6.45, 7) is 4.07. The van der Waals surface area contributed by atoms with Crippen molar-refractivity contribution in [2.75, 3.05) is 7.11 Å². The Morgan fingerprint density at radius 3 is 2.91 bits per heavy atom. The van der Waals surface area contributed by atoms with Crippen LogP contribution in [0, 0.1) is 0 Å². The molecule has 116 valence electrons. The van der Waals surface area contributed by atoms with E-state index in [1.807, 2.05) is 25.3 Å². The fourth-order valence-electron chi connectivity index (χ4n) is 2.38. The van der Waals surface area contributed by atoms with Crippen molar-refractivity contribution in [1.29, 1.82) is 0 Å². The van der Waals surface area contributed by atoms with E-state index in [9.17, 15) is 4.79 Å². The van der Waals surface area contributed by atoms with Crippen LogP contribution < -0.4 is 10.1 Å². The first kappa shape index (κ1) is 15.9. The van der Waals surface area contributed by atoms with Gasteiger partial charge >= 0.3 is 0 Å². The number of nitrogens with zero attached hydrogens (tertiary/aromatic N) is 2. The first-order valence-electron chi connectivity index (χ1n) is 7.35. The molecule has 0 radical (unpaired) electrons. The molecular formula is C17H21N3O2. The van der Waals surface area contributed by atoms with Gasteiger partial charge in [0.05, 0.1) is 19.6 Å². The SMILES string of the molecule is CCc1cnccc1C(C)NC(=O)Cc1ccnc(OC)c1. The number of carbonyl (C=O) groups excluding carboxylic acids is 1. The summed E-state index contributed by atoms with van der Waals surface area (Å²) in [5.41, 5.74) is 3.14. The van der Waals surface area contributed by atoms with Crippen LogP contribution in [-0.2, 0) is 17.6 Å². The molecule has 22 heavy (non-hydrogen) atoms. The number of methoxy groups -OCH3 is 1. The Morgan fingerprint density at radius 2 is 2.18 bits per heavy atom. The second-order valence-corrected chi connectivity index (χ2v) is 5.10. The molecule has 1 atom stereocenters. The fourth-order valence-corrected chi connectivity index (χ4v) is 2.38. The van der Waals surface area contributed by atoms with E-state index in [1.165, 1.54) is 0 Å². The minimum Gasteiger partial charge on any atom is -0.481 e. The van der Waals surface area contributed by atoms with Crippen molar-refractivity contribution in [1.82, 2.24) is 15.3 Å². The molecule has 1 unspecified atom stereocenters. The van der Waals surface area contributed by atoms with Crippen LogP contribution in [0.3, 0.4) is 0 Å². The molecule has 0 spiro atoms. The minimum absolute atomic E-state index is 0.0281. The van der Waals surface area contributed by atoms with Gasteiger partial charge in [0.25, 0.3) is 0 Å². The van der Waals surface area contributed by atoms with Gasteiger partial charge in [0, 0.05) is 24.7 Å². The lowest BCUT2D eigenvalue weighted by Gasteiger charge is -2.17. The van der Waals surface area contributed by atoms with Gasteiger partial charge in [0.1, 0.15) is 0 Å². The molecule has 2 heterocycles. The lowest BCUT2D eigenvalue weighted by molar-refractivity contribution is -0.121. The van der Waals surface area contributed by atoms with Crippen molar-refractivity contribution in [2.45, 2.75) is 32.7 Å². The smallest absolute Gasteiger partial charge is 0.224 e. The lowest BCUT2D eigenvalue weighted by atomic mass is 10.0. The number of aromatic nitrogens is 2. The number of amides is 1. The molecule has 0 aromatic carbocycles. The highest BCUT2D eigenvalue weighted by atomic mass is 16.5. The van der Waals surface area contributed by atoms with Crippen molar-refractivity contribution < 1.29 is 9.53 Å². The van der Waals surface area contributed by atoms with Gasteiger partial charge < -0.3 is 10.1 Å². The molecule has 0 aliphatic heterocycles. The van der Waals surface area contributed by atoms with Crippen LogP contribution in [0.1, 0.15) is 36.6 Å². The Kier molecular flexibility index (Phi) is 5.47. The summed E-state index contributed by atoms with van der Waals surface area (Å²) in [5.74, 6) is 0.486. The molecule has 0 aliphatic carbocycles. The number of carbonyl (C=O) groups is 1. The third-order valence-corrected chi connectivity index (χ3v) is 3.54. The van der Waals surface area contributed by atoms with Gasteiger partial charge in [-0.2, -0.15) is 0 Å². The molecule has 0 saturated carbocycles. The largest absolute Gasteiger partial charge is 0.481 e. The van der Waals surface area contributed by atoms with E-state index in [0.29, 0.717) is 12.3 Å². The molecule has 0 fully saturated rings. The van der Waals surface area contributed by atoms with Crippen LogP contribution in [0.5, 0.6) is 5.88 Å². The fraction of sp³-hybridized carbons (Fsp3) is 0.353. The molecule has 0 bridgehead atoms. The molecular weight excluding hydrogens is 278 g/mol. The summed E-state index contributed by atoms with van der Waals surface area (Å²) in [6, 6.07) is 5.50. The highest BCUT2D eigenvalue weighted by Gasteiger charge is 2.13. The molecule has 2 rings (SSSR count). The molecule has 2 aromatic heterocycles. The van der Waals surface area contributed by atoms with Gasteiger partial charge in [-0.1, -0.05) is 6.92 Å². The minimum atomic E-state index is -0.0471. The predicted octanol–water partition coefficient (Wildman–Crippen LogP) is 2.47. The number of hydrogen-bond acceptors (Lipinski definition) is 4. The van der Waals surface area contributed by atoms with Gasteiger partial charge in [-0.3, -0.25) is 9.78 Å². The van der Waals surface area contributed by atoms with E-state index in [1.54, 1.807) is 25.6 Å². The van der Waals surface area contributed by atoms with E-state index in [4.69, 9.17) is 4.74 Å². The van der Waals surface area contributed by atoms with Crippen molar-refractivity contribution in [3.05, 3.63) is 53.5 Å². The van der Waals surface area contributed by atoms with Gasteiger partial charge in [0.15, 0.2) is 0 Å². The summed E-state index contributed by atoms with van der Waals surface area (Å²) in [4.78, 5) is 20.4. The third kappa shape index (κ3) is 4.04. The summed E-state index contributed by atoms with van der Waals surface area (Å²) in [7, 11) is 1.56. The Bertz CT molecular complexity index is 643. The van der Waals surface area contributed by atoms with Gasteiger partial charge in [-0.05, 0) is 42.2 Å². The second kappa shape index (κ2) is 7.54. The van der Waals surface area contributed by atoms with Gasteiger partial charge in [-0.15, -0.1) is 0 Å². The summed E-state index contributed by atoms with van der Waals surface area (Å²) in [5, 5.41) is 3.03. The van der Waals surface area contributed by atoms with Crippen molar-refractivity contribution in [3.63, 3.8) is 0 Å². The van der Waals surface area contributed by atoms with Gasteiger partial charge in [-0.25, -0.2) is 4.98 Å². The Labute approximate surface area is 130 Å². The zero-order valence-electron chi connectivity index (χ0n) is 13.2. The number of pyridine rings is 2. The van der Waals surface area contributed by atoms with E-state index < -0.39 is 0 Å². The van der Waals surface area contributed by atoms with E-state index in [0.717, 1.165) is 23.1 Å². The quantitative estimate of drug-likeness (QED) is 0.890. The topological polar surface area (TPSA) is 64.1 Å². The van der Waals surface area contributed by atoms with Crippen LogP contribution in [0.2, 0.25) is 0 Å². The lowest BCUT2D eigenvalue weighted by Crippen LogP contribution is -2.28. The van der Waals surface area contributed by atoms with E-state index in [-0.39, 0.29) is 11.9 Å². The molecule has 5 nitrogen and oxygen atoms in total. The number of rotatable bonds is 6. The molecule has 0 saturated heterocycles. The van der Waals surface area contributed by atoms with Crippen LogP contribution >= 0.6 is 0 Å². The highest BCUT2D eigenvalue weighted by molar-refractivity contribution is 5.79. The van der Waals surface area contributed by atoms with Crippen molar-refractivity contribution in [3.8, 4) is 5.88 Å². The average Bonchev–Trinajstić information content (AvgIpc) is 2.54. The van der Waals surface area contributed by atoms with Gasteiger partial charge in [0.2, 0.25) is 11.8 Å². The van der Waals surface area contributed by atoms with Crippen LogP contribution in [0.15, 0.2) is 36.8 Å². The molecule has 5 heteroatoms. The Hall–Kier alpha value is -2.43. The second-order valence-electron chi connectivity index (χ2n) is 5.10. The summed E-state index contributed by atoms with van der Waals surface area (Å²) >= 11 is 0. The van der Waals surface area contributed by atoms with Crippen LogP contribution in [0.25, 0.3) is 0 Å². The maximum Gasteiger partial charge on any atom is 0.224 e. The molecule has 2 aromatic rings. The van der Waals surface area contributed by atoms with Crippen LogP contribution in [0.4, 0.5) is 0 Å². The zero-order chi connectivity index (χ0) is 15.9. The standard InChI is InChI=1S/C17H21N3O2/c1-4-14-11-18-7-6-15(14)12(2)20-16(21)9-13-5-8-19-17(10-13)22-3/h5-8,10-12H,4,9H2,1-3H3,(H,20,21). The normalized spacial score (nSPS) is 11.8.